The predicted octanol–water partition coefficient (Wildman–Crippen LogP) is 3.43. The second-order valence-electron chi connectivity index (χ2n) is 7.33. The van der Waals surface area contributed by atoms with Gasteiger partial charge in [0.15, 0.2) is 5.65 Å². The number of aryl methyl sites for hydroxylation is 1. The van der Waals surface area contributed by atoms with E-state index in [4.69, 9.17) is 4.98 Å². The molecule has 2 aliphatic heterocycles. The van der Waals surface area contributed by atoms with E-state index in [9.17, 15) is 4.79 Å². The van der Waals surface area contributed by atoms with Gasteiger partial charge >= 0.3 is 0 Å². The quantitative estimate of drug-likeness (QED) is 0.598. The van der Waals surface area contributed by atoms with Gasteiger partial charge in [-0.15, -0.1) is 0 Å². The summed E-state index contributed by atoms with van der Waals surface area (Å²) in [5.74, 6) is 1.00. The van der Waals surface area contributed by atoms with Crippen molar-refractivity contribution in [2.24, 2.45) is 0 Å². The highest BCUT2D eigenvalue weighted by molar-refractivity contribution is 9.10. The Morgan fingerprint density at radius 3 is 2.93 bits per heavy atom. The molecular formula is C20H20BrN5O. The maximum atomic E-state index is 13.2. The molecule has 0 radical (unpaired) electrons. The van der Waals surface area contributed by atoms with Gasteiger partial charge in [-0.2, -0.15) is 0 Å². The number of imidazole rings is 1. The fraction of sp³-hybridized carbons (Fsp3) is 0.400. The van der Waals surface area contributed by atoms with Gasteiger partial charge in [0.1, 0.15) is 11.5 Å². The zero-order valence-electron chi connectivity index (χ0n) is 15.2. The molecule has 0 unspecified atom stereocenters. The lowest BCUT2D eigenvalue weighted by atomic mass is 10.0. The second-order valence-corrected chi connectivity index (χ2v) is 8.25. The van der Waals surface area contributed by atoms with Crippen LogP contribution in [0.25, 0.3) is 11.0 Å². The van der Waals surface area contributed by atoms with E-state index >= 15 is 0 Å². The molecule has 3 aromatic heterocycles. The van der Waals surface area contributed by atoms with Crippen molar-refractivity contribution in [3.8, 4) is 0 Å². The Hall–Kier alpha value is -2.28. The molecule has 0 aromatic carbocycles. The molecular weight excluding hydrogens is 406 g/mol. The first kappa shape index (κ1) is 16.9. The van der Waals surface area contributed by atoms with Crippen LogP contribution in [0.1, 0.15) is 46.1 Å². The van der Waals surface area contributed by atoms with Crippen molar-refractivity contribution in [1.82, 2.24) is 24.4 Å². The Kier molecular flexibility index (Phi) is 4.00. The van der Waals surface area contributed by atoms with Crippen molar-refractivity contribution in [3.05, 3.63) is 51.3 Å². The van der Waals surface area contributed by atoms with Gasteiger partial charge < -0.3 is 9.47 Å². The maximum absolute atomic E-state index is 13.2. The summed E-state index contributed by atoms with van der Waals surface area (Å²) in [4.78, 5) is 28.9. The van der Waals surface area contributed by atoms with E-state index in [2.05, 4.69) is 36.5 Å². The number of fused-ring (bicyclic) bond motifs is 3. The fourth-order valence-electron chi connectivity index (χ4n) is 4.21. The van der Waals surface area contributed by atoms with Gasteiger partial charge in [0, 0.05) is 47.8 Å². The van der Waals surface area contributed by atoms with Gasteiger partial charge in [-0.1, -0.05) is 0 Å². The number of nitrogens with zero attached hydrogens (tertiary/aromatic N) is 5. The zero-order valence-corrected chi connectivity index (χ0v) is 16.8. The third-order valence-corrected chi connectivity index (χ3v) is 6.01. The molecule has 6 nitrogen and oxygen atoms in total. The molecule has 7 heteroatoms. The third-order valence-electron chi connectivity index (χ3n) is 5.58. The van der Waals surface area contributed by atoms with Crippen LogP contribution in [0.5, 0.6) is 0 Å². The van der Waals surface area contributed by atoms with Crippen molar-refractivity contribution in [3.63, 3.8) is 0 Å². The number of rotatable bonds is 1. The van der Waals surface area contributed by atoms with Gasteiger partial charge in [-0.3, -0.25) is 4.79 Å². The Morgan fingerprint density at radius 2 is 2.04 bits per heavy atom. The zero-order chi connectivity index (χ0) is 18.5. The fourth-order valence-corrected chi connectivity index (χ4v) is 4.56. The summed E-state index contributed by atoms with van der Waals surface area (Å²) in [6.45, 7) is 4.22. The van der Waals surface area contributed by atoms with Gasteiger partial charge in [-0.05, 0) is 59.8 Å². The van der Waals surface area contributed by atoms with E-state index in [1.807, 2.05) is 17.9 Å². The van der Waals surface area contributed by atoms with Gasteiger partial charge in [0.2, 0.25) is 0 Å². The molecule has 5 rings (SSSR count). The summed E-state index contributed by atoms with van der Waals surface area (Å²) in [6, 6.07) is 4.13. The van der Waals surface area contributed by atoms with Gasteiger partial charge in [0.25, 0.3) is 5.91 Å². The van der Waals surface area contributed by atoms with Crippen LogP contribution in [0.2, 0.25) is 0 Å². The SMILES string of the molecule is Cc1nc(C(=O)N2CCc3nc4ncc(Br)cc4cc3C2)c2n1CCCC2. The number of amides is 1. The molecule has 0 saturated carbocycles. The van der Waals surface area contributed by atoms with Gasteiger partial charge in [0.05, 0.1) is 5.69 Å². The predicted molar refractivity (Wildman–Crippen MR) is 106 cm³/mol. The molecule has 5 heterocycles. The molecule has 0 N–H and O–H groups in total. The van der Waals surface area contributed by atoms with Crippen molar-refractivity contribution < 1.29 is 4.79 Å². The van der Waals surface area contributed by atoms with E-state index in [1.165, 1.54) is 0 Å². The van der Waals surface area contributed by atoms with E-state index in [-0.39, 0.29) is 5.91 Å². The van der Waals surface area contributed by atoms with Gasteiger partial charge in [-0.25, -0.2) is 15.0 Å². The lowest BCUT2D eigenvalue weighted by Gasteiger charge is -2.28. The highest BCUT2D eigenvalue weighted by Crippen LogP contribution is 2.26. The van der Waals surface area contributed by atoms with Crippen LogP contribution in [0.4, 0.5) is 0 Å². The molecule has 0 saturated heterocycles. The first-order valence-electron chi connectivity index (χ1n) is 9.39. The Balaban J connectivity index is 1.47. The highest BCUT2D eigenvalue weighted by Gasteiger charge is 2.29. The first-order valence-corrected chi connectivity index (χ1v) is 10.2. The standard InChI is InChI=1S/C20H20BrN5O/c1-12-23-18(17-4-2-3-6-26(12)17)20(27)25-7-5-16-14(11-25)8-13-9-15(21)10-22-19(13)24-16/h8-10H,2-7,11H2,1H3. The lowest BCUT2D eigenvalue weighted by Crippen LogP contribution is -2.37. The topological polar surface area (TPSA) is 63.9 Å². The van der Waals surface area contributed by atoms with Crippen LogP contribution in [0.15, 0.2) is 22.8 Å². The summed E-state index contributed by atoms with van der Waals surface area (Å²) in [6.07, 6.45) is 5.76. The van der Waals surface area contributed by atoms with E-state index in [0.29, 0.717) is 18.8 Å². The van der Waals surface area contributed by atoms with Crippen molar-refractivity contribution in [2.75, 3.05) is 6.54 Å². The average Bonchev–Trinajstić information content (AvgIpc) is 3.02. The number of carbonyl (C=O) groups is 1. The number of carbonyl (C=O) groups excluding carboxylic acids is 1. The molecule has 27 heavy (non-hydrogen) atoms. The molecule has 138 valence electrons. The summed E-state index contributed by atoms with van der Waals surface area (Å²) in [7, 11) is 0. The van der Waals surface area contributed by atoms with E-state index in [1.54, 1.807) is 6.20 Å². The molecule has 0 bridgehead atoms. The average molecular weight is 426 g/mol. The van der Waals surface area contributed by atoms with Crippen LogP contribution in [-0.2, 0) is 25.9 Å². The van der Waals surface area contributed by atoms with Crippen LogP contribution >= 0.6 is 15.9 Å². The van der Waals surface area contributed by atoms with Crippen molar-refractivity contribution >= 4 is 32.9 Å². The molecule has 3 aromatic rings. The summed E-state index contributed by atoms with van der Waals surface area (Å²) >= 11 is 3.47. The third kappa shape index (κ3) is 2.84. The molecule has 0 spiro atoms. The second kappa shape index (κ2) is 6.41. The monoisotopic (exact) mass is 425 g/mol. The number of halogens is 1. The molecule has 2 aliphatic rings. The molecule has 0 aliphatic carbocycles. The van der Waals surface area contributed by atoms with Crippen molar-refractivity contribution in [2.45, 2.75) is 45.7 Å². The minimum absolute atomic E-state index is 0.0480. The van der Waals surface area contributed by atoms with Crippen LogP contribution in [0.3, 0.4) is 0 Å². The Bertz CT molecular complexity index is 1070. The summed E-state index contributed by atoms with van der Waals surface area (Å²) < 4.78 is 3.15. The van der Waals surface area contributed by atoms with E-state index in [0.717, 1.165) is 70.5 Å². The normalized spacial score (nSPS) is 16.3. The van der Waals surface area contributed by atoms with Crippen molar-refractivity contribution in [1.29, 1.82) is 0 Å². The summed E-state index contributed by atoms with van der Waals surface area (Å²) in [5.41, 5.74) is 4.67. The Morgan fingerprint density at radius 1 is 1.15 bits per heavy atom. The molecule has 0 fully saturated rings. The van der Waals surface area contributed by atoms with Crippen LogP contribution in [0, 0.1) is 6.92 Å². The maximum Gasteiger partial charge on any atom is 0.274 e. The summed E-state index contributed by atoms with van der Waals surface area (Å²) in [5, 5.41) is 0.993. The number of hydrogen-bond acceptors (Lipinski definition) is 4. The molecule has 1 amide bonds. The number of aromatic nitrogens is 4. The number of pyridine rings is 2. The number of hydrogen-bond donors (Lipinski definition) is 0. The minimum Gasteiger partial charge on any atom is -0.332 e. The first-order chi connectivity index (χ1) is 13.1. The largest absolute Gasteiger partial charge is 0.332 e. The van der Waals surface area contributed by atoms with Crippen LogP contribution in [-0.4, -0.2) is 36.9 Å². The van der Waals surface area contributed by atoms with E-state index < -0.39 is 0 Å². The molecule has 0 atom stereocenters. The smallest absolute Gasteiger partial charge is 0.274 e. The Labute approximate surface area is 165 Å². The van der Waals surface area contributed by atoms with Crippen LogP contribution < -0.4 is 0 Å². The highest BCUT2D eigenvalue weighted by atomic mass is 79.9. The lowest BCUT2D eigenvalue weighted by molar-refractivity contribution is 0.0726. The minimum atomic E-state index is 0.0480.